The van der Waals surface area contributed by atoms with Crippen LogP contribution in [0.2, 0.25) is 5.02 Å². The number of ether oxygens (including phenoxy) is 1. The number of hydrogen-bond donors (Lipinski definition) is 3. The number of methoxy groups -OCH3 is 1. The number of anilines is 2. The quantitative estimate of drug-likeness (QED) is 0.310. The number of rotatable bonds is 8. The maximum atomic E-state index is 13.1. The third kappa shape index (κ3) is 7.02. The lowest BCUT2D eigenvalue weighted by Crippen LogP contribution is -2.37. The first-order valence-corrected chi connectivity index (χ1v) is 11.7. The van der Waals surface area contributed by atoms with Gasteiger partial charge in [-0.25, -0.2) is 0 Å². The second-order valence-corrected chi connectivity index (χ2v) is 9.04. The second kappa shape index (κ2) is 11.5. The van der Waals surface area contributed by atoms with Crippen LogP contribution >= 0.6 is 27.5 Å². The van der Waals surface area contributed by atoms with Gasteiger partial charge in [0.15, 0.2) is 0 Å². The summed E-state index contributed by atoms with van der Waals surface area (Å²) in [5.41, 5.74) is 1.49. The average Bonchev–Trinajstić information content (AvgIpc) is 2.84. The van der Waals surface area contributed by atoms with Gasteiger partial charge in [0.2, 0.25) is 0 Å². The van der Waals surface area contributed by atoms with Crippen molar-refractivity contribution < 1.29 is 27.9 Å². The maximum absolute atomic E-state index is 13.1. The molecule has 0 bridgehead atoms. The van der Waals surface area contributed by atoms with Crippen LogP contribution in [-0.2, 0) is 11.3 Å². The molecule has 0 aliphatic rings. The van der Waals surface area contributed by atoms with Gasteiger partial charge in [0.1, 0.15) is 5.75 Å². The van der Waals surface area contributed by atoms with Gasteiger partial charge in [-0.2, -0.15) is 8.78 Å². The summed E-state index contributed by atoms with van der Waals surface area (Å²) in [6.07, 6.45) is 0. The molecule has 0 saturated carbocycles. The summed E-state index contributed by atoms with van der Waals surface area (Å²) in [6, 6.07) is 15.8. The number of benzene rings is 3. The van der Waals surface area contributed by atoms with Crippen molar-refractivity contribution in [2.75, 3.05) is 17.7 Å². The van der Waals surface area contributed by atoms with Crippen LogP contribution in [-0.4, -0.2) is 30.8 Å². The third-order valence-electron chi connectivity index (χ3n) is 4.93. The molecular weight excluding hydrogens is 560 g/mol. The normalized spacial score (nSPS) is 10.9. The molecule has 3 rings (SSSR count). The Hall–Kier alpha value is -3.50. The molecule has 0 aliphatic heterocycles. The highest BCUT2D eigenvalue weighted by Gasteiger charge is 2.31. The van der Waals surface area contributed by atoms with Gasteiger partial charge in [0.25, 0.3) is 17.7 Å². The minimum atomic E-state index is -3.53. The van der Waals surface area contributed by atoms with E-state index in [0.717, 1.165) is 4.47 Å². The van der Waals surface area contributed by atoms with E-state index in [2.05, 4.69) is 31.9 Å². The van der Waals surface area contributed by atoms with Crippen molar-refractivity contribution in [3.8, 4) is 5.75 Å². The molecule has 3 N–H and O–H groups in total. The first-order valence-electron chi connectivity index (χ1n) is 10.5. The number of carbonyl (C=O) groups excluding carboxylic acids is 3. The zero-order chi connectivity index (χ0) is 26.5. The van der Waals surface area contributed by atoms with Crippen LogP contribution in [0.1, 0.15) is 33.2 Å². The summed E-state index contributed by atoms with van der Waals surface area (Å²) >= 11 is 9.50. The van der Waals surface area contributed by atoms with Gasteiger partial charge < -0.3 is 20.7 Å². The Bertz CT molecular complexity index is 1300. The van der Waals surface area contributed by atoms with Gasteiger partial charge >= 0.3 is 5.92 Å². The summed E-state index contributed by atoms with van der Waals surface area (Å²) in [5, 5.41) is 7.64. The highest BCUT2D eigenvalue weighted by molar-refractivity contribution is 9.10. The fraction of sp³-hybridized carbons (Fsp3) is 0.160. The van der Waals surface area contributed by atoms with E-state index in [-0.39, 0.29) is 22.7 Å². The number of alkyl halides is 2. The van der Waals surface area contributed by atoms with Gasteiger partial charge in [-0.3, -0.25) is 14.4 Å². The number of amides is 3. The molecule has 7 nitrogen and oxygen atoms in total. The Labute approximate surface area is 219 Å². The van der Waals surface area contributed by atoms with Gasteiger partial charge in [0.05, 0.1) is 23.3 Å². The van der Waals surface area contributed by atoms with Gasteiger partial charge in [-0.05, 0) is 60.2 Å². The van der Waals surface area contributed by atoms with E-state index in [9.17, 15) is 23.2 Å². The average molecular weight is 581 g/mol. The lowest BCUT2D eigenvalue weighted by atomic mass is 10.1. The predicted octanol–water partition coefficient (Wildman–Crippen LogP) is 5.89. The SMILES string of the molecule is COc1ccc(NC(=O)c2cc(CNC(=O)C(C)(F)F)ccc2Cl)cc1C(=O)Nc1ccc(Br)cc1. The van der Waals surface area contributed by atoms with Crippen LogP contribution in [0.25, 0.3) is 0 Å². The van der Waals surface area contributed by atoms with E-state index >= 15 is 0 Å². The lowest BCUT2D eigenvalue weighted by Gasteiger charge is -2.14. The smallest absolute Gasteiger partial charge is 0.321 e. The molecule has 0 spiro atoms. The minimum absolute atomic E-state index is 0.0587. The third-order valence-corrected chi connectivity index (χ3v) is 5.79. The Morgan fingerprint density at radius 2 is 1.53 bits per heavy atom. The van der Waals surface area contributed by atoms with Crippen molar-refractivity contribution in [3.63, 3.8) is 0 Å². The Kier molecular flexibility index (Phi) is 8.65. The van der Waals surface area contributed by atoms with Crippen LogP contribution in [0.5, 0.6) is 5.75 Å². The highest BCUT2D eigenvalue weighted by atomic mass is 79.9. The van der Waals surface area contributed by atoms with Crippen molar-refractivity contribution in [1.82, 2.24) is 5.32 Å². The molecule has 0 heterocycles. The van der Waals surface area contributed by atoms with Crippen molar-refractivity contribution in [3.05, 3.63) is 86.8 Å². The molecule has 0 radical (unpaired) electrons. The molecule has 0 aromatic heterocycles. The predicted molar refractivity (Wildman–Crippen MR) is 137 cm³/mol. The topological polar surface area (TPSA) is 96.5 Å². The summed E-state index contributed by atoms with van der Waals surface area (Å²) < 4.78 is 32.3. The fourth-order valence-electron chi connectivity index (χ4n) is 3.09. The van der Waals surface area contributed by atoms with Crippen molar-refractivity contribution >= 4 is 56.6 Å². The van der Waals surface area contributed by atoms with E-state index in [4.69, 9.17) is 16.3 Å². The Morgan fingerprint density at radius 1 is 0.917 bits per heavy atom. The number of nitrogens with one attached hydrogen (secondary N) is 3. The van der Waals surface area contributed by atoms with Crippen molar-refractivity contribution in [2.45, 2.75) is 19.4 Å². The number of halogens is 4. The van der Waals surface area contributed by atoms with E-state index in [1.165, 1.54) is 37.4 Å². The second-order valence-electron chi connectivity index (χ2n) is 7.72. The molecule has 0 unspecified atom stereocenters. The molecule has 0 aliphatic carbocycles. The van der Waals surface area contributed by atoms with Gasteiger partial charge in [-0.1, -0.05) is 33.6 Å². The molecule has 36 heavy (non-hydrogen) atoms. The summed E-state index contributed by atoms with van der Waals surface area (Å²) in [6.45, 7) is 0.272. The molecule has 0 atom stereocenters. The standard InChI is InChI=1S/C25H21BrClF2N3O4/c1-25(28,29)24(35)30-13-14-3-9-20(27)18(11-14)22(33)32-17-8-10-21(36-2)19(12-17)23(34)31-16-6-4-15(26)5-7-16/h3-12H,13H2,1-2H3,(H,30,35)(H,31,34)(H,32,33). The summed E-state index contributed by atoms with van der Waals surface area (Å²) in [5.74, 6) is -5.71. The van der Waals surface area contributed by atoms with Crippen LogP contribution in [0.15, 0.2) is 65.1 Å². The molecule has 3 aromatic carbocycles. The number of carbonyl (C=O) groups is 3. The van der Waals surface area contributed by atoms with Crippen molar-refractivity contribution in [2.24, 2.45) is 0 Å². The van der Waals surface area contributed by atoms with Crippen LogP contribution in [0.4, 0.5) is 20.2 Å². The molecular formula is C25H21BrClF2N3O4. The molecule has 3 aromatic rings. The minimum Gasteiger partial charge on any atom is -0.496 e. The Balaban J connectivity index is 1.77. The maximum Gasteiger partial charge on any atom is 0.321 e. The monoisotopic (exact) mass is 579 g/mol. The van der Waals surface area contributed by atoms with E-state index in [0.29, 0.717) is 29.6 Å². The lowest BCUT2D eigenvalue weighted by molar-refractivity contribution is -0.143. The molecule has 3 amide bonds. The Morgan fingerprint density at radius 3 is 2.17 bits per heavy atom. The summed E-state index contributed by atoms with van der Waals surface area (Å²) in [4.78, 5) is 37.2. The first-order chi connectivity index (χ1) is 17.0. The molecule has 188 valence electrons. The first kappa shape index (κ1) is 27.1. The molecule has 0 saturated heterocycles. The summed E-state index contributed by atoms with van der Waals surface area (Å²) in [7, 11) is 1.42. The van der Waals surface area contributed by atoms with E-state index in [1.807, 2.05) is 0 Å². The highest BCUT2D eigenvalue weighted by Crippen LogP contribution is 2.26. The van der Waals surface area contributed by atoms with Crippen LogP contribution in [0, 0.1) is 0 Å². The van der Waals surface area contributed by atoms with Crippen LogP contribution < -0.4 is 20.7 Å². The van der Waals surface area contributed by atoms with Gasteiger partial charge in [0, 0.05) is 29.3 Å². The zero-order valence-corrected chi connectivity index (χ0v) is 21.5. The van der Waals surface area contributed by atoms with Crippen LogP contribution in [0.3, 0.4) is 0 Å². The van der Waals surface area contributed by atoms with E-state index in [1.54, 1.807) is 30.3 Å². The van der Waals surface area contributed by atoms with Crippen molar-refractivity contribution in [1.29, 1.82) is 0 Å². The van der Waals surface area contributed by atoms with E-state index < -0.39 is 23.6 Å². The fourth-order valence-corrected chi connectivity index (χ4v) is 3.55. The largest absolute Gasteiger partial charge is 0.496 e. The number of hydrogen-bond acceptors (Lipinski definition) is 4. The zero-order valence-electron chi connectivity index (χ0n) is 19.1. The van der Waals surface area contributed by atoms with Gasteiger partial charge in [-0.15, -0.1) is 0 Å². The molecule has 11 heteroatoms. The molecule has 0 fully saturated rings.